The molecule has 0 bridgehead atoms. The van der Waals surface area contributed by atoms with Gasteiger partial charge in [-0.25, -0.2) is 8.78 Å². The summed E-state index contributed by atoms with van der Waals surface area (Å²) in [6.07, 6.45) is 5.53. The standard InChI is InChI=1S/C13H14F2O/c14-11-8-4-7-10(12(11)15)13(16)9-5-2-1-3-6-9/h1-2,4,7-9,13,16H,3,5-6H2. The fraction of sp³-hybridized carbons (Fsp3) is 0.385. The molecule has 0 spiro atoms. The Balaban J connectivity index is 2.23. The number of allylic oxidation sites excluding steroid dienone is 2. The van der Waals surface area contributed by atoms with Crippen molar-refractivity contribution in [1.82, 2.24) is 0 Å². The summed E-state index contributed by atoms with van der Waals surface area (Å²) < 4.78 is 26.5. The lowest BCUT2D eigenvalue weighted by molar-refractivity contribution is 0.0980. The van der Waals surface area contributed by atoms with Gasteiger partial charge in [-0.05, 0) is 31.2 Å². The van der Waals surface area contributed by atoms with Gasteiger partial charge >= 0.3 is 0 Å². The Bertz CT molecular complexity index is 401. The molecule has 2 unspecified atom stereocenters. The first kappa shape index (κ1) is 11.3. The minimum atomic E-state index is -0.926. The summed E-state index contributed by atoms with van der Waals surface area (Å²) in [7, 11) is 0. The van der Waals surface area contributed by atoms with E-state index < -0.39 is 17.7 Å². The molecule has 1 nitrogen and oxygen atoms in total. The number of halogens is 2. The highest BCUT2D eigenvalue weighted by Gasteiger charge is 2.24. The maximum atomic E-state index is 13.5. The molecule has 1 N–H and O–H groups in total. The zero-order valence-corrected chi connectivity index (χ0v) is 8.87. The average Bonchev–Trinajstić information content (AvgIpc) is 2.33. The van der Waals surface area contributed by atoms with Gasteiger partial charge in [-0.1, -0.05) is 24.3 Å². The van der Waals surface area contributed by atoms with E-state index in [1.54, 1.807) is 0 Å². The molecule has 1 aliphatic carbocycles. The summed E-state index contributed by atoms with van der Waals surface area (Å²) in [4.78, 5) is 0. The van der Waals surface area contributed by atoms with Crippen molar-refractivity contribution < 1.29 is 13.9 Å². The van der Waals surface area contributed by atoms with Crippen LogP contribution in [0.15, 0.2) is 30.4 Å². The molecule has 0 saturated carbocycles. The van der Waals surface area contributed by atoms with E-state index in [1.807, 2.05) is 12.2 Å². The van der Waals surface area contributed by atoms with Gasteiger partial charge in [0.2, 0.25) is 0 Å². The molecule has 1 aliphatic rings. The second kappa shape index (κ2) is 4.74. The number of rotatable bonds is 2. The average molecular weight is 224 g/mol. The van der Waals surface area contributed by atoms with Crippen molar-refractivity contribution >= 4 is 0 Å². The number of aliphatic hydroxyl groups is 1. The summed E-state index contributed by atoms with van der Waals surface area (Å²) >= 11 is 0. The van der Waals surface area contributed by atoms with Crippen molar-refractivity contribution in [3.05, 3.63) is 47.5 Å². The molecule has 86 valence electrons. The van der Waals surface area contributed by atoms with Crippen molar-refractivity contribution in [3.8, 4) is 0 Å². The summed E-state index contributed by atoms with van der Waals surface area (Å²) in [6, 6.07) is 3.93. The van der Waals surface area contributed by atoms with Crippen LogP contribution in [0.25, 0.3) is 0 Å². The number of aliphatic hydroxyl groups excluding tert-OH is 1. The molecule has 2 atom stereocenters. The SMILES string of the molecule is OC(c1cccc(F)c1F)C1CC=CCC1. The lowest BCUT2D eigenvalue weighted by Gasteiger charge is -2.24. The van der Waals surface area contributed by atoms with Gasteiger partial charge in [-0.3, -0.25) is 0 Å². The Labute approximate surface area is 93.4 Å². The van der Waals surface area contributed by atoms with Gasteiger partial charge in [0, 0.05) is 5.56 Å². The molecule has 0 saturated heterocycles. The summed E-state index contributed by atoms with van der Waals surface area (Å²) in [5.41, 5.74) is 0.0697. The van der Waals surface area contributed by atoms with Gasteiger partial charge in [0.1, 0.15) is 0 Å². The van der Waals surface area contributed by atoms with Gasteiger partial charge in [0.25, 0.3) is 0 Å². The highest BCUT2D eigenvalue weighted by Crippen LogP contribution is 2.33. The molecule has 0 aromatic heterocycles. The third-order valence-electron chi connectivity index (χ3n) is 3.06. The molecule has 0 fully saturated rings. The topological polar surface area (TPSA) is 20.2 Å². The number of hydrogen-bond acceptors (Lipinski definition) is 1. The van der Waals surface area contributed by atoms with Gasteiger partial charge in [0.15, 0.2) is 11.6 Å². The van der Waals surface area contributed by atoms with Crippen molar-refractivity contribution in [3.63, 3.8) is 0 Å². The van der Waals surface area contributed by atoms with Crippen LogP contribution in [0.5, 0.6) is 0 Å². The van der Waals surface area contributed by atoms with E-state index in [0.29, 0.717) is 0 Å². The van der Waals surface area contributed by atoms with E-state index in [-0.39, 0.29) is 11.5 Å². The highest BCUT2D eigenvalue weighted by molar-refractivity contribution is 5.22. The highest BCUT2D eigenvalue weighted by atomic mass is 19.2. The summed E-state index contributed by atoms with van der Waals surface area (Å²) in [5.74, 6) is -1.84. The molecule has 16 heavy (non-hydrogen) atoms. The van der Waals surface area contributed by atoms with Crippen molar-refractivity contribution in [2.45, 2.75) is 25.4 Å². The van der Waals surface area contributed by atoms with E-state index in [4.69, 9.17) is 0 Å². The van der Waals surface area contributed by atoms with Crippen LogP contribution in [-0.4, -0.2) is 5.11 Å². The molecule has 0 aliphatic heterocycles. The van der Waals surface area contributed by atoms with Gasteiger partial charge in [-0.2, -0.15) is 0 Å². The zero-order valence-electron chi connectivity index (χ0n) is 8.87. The van der Waals surface area contributed by atoms with Crippen molar-refractivity contribution in [2.75, 3.05) is 0 Å². The predicted molar refractivity (Wildman–Crippen MR) is 57.8 cm³/mol. The van der Waals surface area contributed by atoms with Crippen LogP contribution in [0.4, 0.5) is 8.78 Å². The van der Waals surface area contributed by atoms with Crippen LogP contribution in [-0.2, 0) is 0 Å². The first-order chi connectivity index (χ1) is 7.70. The monoisotopic (exact) mass is 224 g/mol. The lowest BCUT2D eigenvalue weighted by atomic mass is 9.86. The fourth-order valence-electron chi connectivity index (χ4n) is 2.11. The van der Waals surface area contributed by atoms with Crippen molar-refractivity contribution in [1.29, 1.82) is 0 Å². The Morgan fingerprint density at radius 2 is 2.06 bits per heavy atom. The molecule has 0 amide bonds. The van der Waals surface area contributed by atoms with E-state index >= 15 is 0 Å². The van der Waals surface area contributed by atoms with Crippen LogP contribution in [0.3, 0.4) is 0 Å². The lowest BCUT2D eigenvalue weighted by Crippen LogP contribution is -2.15. The molecule has 0 heterocycles. The molecule has 1 aromatic rings. The van der Waals surface area contributed by atoms with E-state index in [0.717, 1.165) is 25.3 Å². The Morgan fingerprint density at radius 3 is 2.75 bits per heavy atom. The maximum Gasteiger partial charge on any atom is 0.164 e. The van der Waals surface area contributed by atoms with E-state index in [1.165, 1.54) is 12.1 Å². The molecule has 3 heteroatoms. The quantitative estimate of drug-likeness (QED) is 0.764. The van der Waals surface area contributed by atoms with Crippen molar-refractivity contribution in [2.24, 2.45) is 5.92 Å². The smallest absolute Gasteiger partial charge is 0.164 e. The van der Waals surface area contributed by atoms with Crippen LogP contribution in [0.1, 0.15) is 30.9 Å². The maximum absolute atomic E-state index is 13.5. The van der Waals surface area contributed by atoms with Crippen LogP contribution in [0, 0.1) is 17.6 Å². The minimum Gasteiger partial charge on any atom is -0.388 e. The first-order valence-corrected chi connectivity index (χ1v) is 5.47. The molecular formula is C13H14F2O. The fourth-order valence-corrected chi connectivity index (χ4v) is 2.11. The Morgan fingerprint density at radius 1 is 1.25 bits per heavy atom. The number of benzene rings is 1. The Hall–Kier alpha value is -1.22. The molecule has 2 rings (SSSR count). The van der Waals surface area contributed by atoms with Crippen LogP contribution < -0.4 is 0 Å². The minimum absolute atomic E-state index is 0.0127. The van der Waals surface area contributed by atoms with Gasteiger partial charge in [-0.15, -0.1) is 0 Å². The zero-order chi connectivity index (χ0) is 11.5. The van der Waals surface area contributed by atoms with Gasteiger partial charge in [0.05, 0.1) is 6.10 Å². The van der Waals surface area contributed by atoms with Gasteiger partial charge < -0.3 is 5.11 Å². The van der Waals surface area contributed by atoms with Crippen LogP contribution >= 0.6 is 0 Å². The van der Waals surface area contributed by atoms with E-state index in [9.17, 15) is 13.9 Å². The molecule has 0 radical (unpaired) electrons. The number of hydrogen-bond donors (Lipinski definition) is 1. The third kappa shape index (κ3) is 2.14. The predicted octanol–water partition coefficient (Wildman–Crippen LogP) is 3.35. The molecule has 1 aromatic carbocycles. The second-order valence-electron chi connectivity index (χ2n) is 4.13. The second-order valence-corrected chi connectivity index (χ2v) is 4.13. The summed E-state index contributed by atoms with van der Waals surface area (Å²) in [6.45, 7) is 0. The third-order valence-corrected chi connectivity index (χ3v) is 3.06. The van der Waals surface area contributed by atoms with E-state index in [2.05, 4.69) is 0 Å². The molecular weight excluding hydrogens is 210 g/mol. The van der Waals surface area contributed by atoms with Crippen LogP contribution in [0.2, 0.25) is 0 Å². The first-order valence-electron chi connectivity index (χ1n) is 5.47. The largest absolute Gasteiger partial charge is 0.388 e. The normalized spacial score (nSPS) is 22.1. The Kier molecular flexibility index (Phi) is 3.34. The summed E-state index contributed by atoms with van der Waals surface area (Å²) in [5, 5.41) is 10.0.